The molecule has 4 heteroatoms. The van der Waals surface area contributed by atoms with E-state index in [9.17, 15) is 4.79 Å². The van der Waals surface area contributed by atoms with Crippen LogP contribution in [0.25, 0.3) is 0 Å². The number of halogens is 1. The van der Waals surface area contributed by atoms with Crippen LogP contribution in [0.15, 0.2) is 22.7 Å². The molecule has 0 saturated carbocycles. The number of primary amides is 1. The van der Waals surface area contributed by atoms with Gasteiger partial charge in [0.25, 0.3) is 0 Å². The Kier molecular flexibility index (Phi) is 3.63. The highest BCUT2D eigenvalue weighted by molar-refractivity contribution is 9.10. The van der Waals surface area contributed by atoms with Crippen LogP contribution in [-0.4, -0.2) is 20.0 Å². The van der Waals surface area contributed by atoms with Crippen LogP contribution in [0, 0.1) is 0 Å². The van der Waals surface area contributed by atoms with Crippen molar-refractivity contribution in [1.82, 2.24) is 0 Å². The number of benzene rings is 1. The van der Waals surface area contributed by atoms with E-state index < -0.39 is 5.41 Å². The lowest BCUT2D eigenvalue weighted by Gasteiger charge is -2.28. The Hall–Kier alpha value is -1.03. The van der Waals surface area contributed by atoms with Crippen molar-refractivity contribution in [3.63, 3.8) is 0 Å². The van der Waals surface area contributed by atoms with Gasteiger partial charge in [-0.2, -0.15) is 0 Å². The highest BCUT2D eigenvalue weighted by Gasteiger charge is 2.31. The molecule has 0 unspecified atom stereocenters. The van der Waals surface area contributed by atoms with Gasteiger partial charge in [0.05, 0.1) is 11.1 Å². The maximum absolute atomic E-state index is 11.5. The number of carbonyl (C=O) groups is 1. The third-order valence-corrected chi connectivity index (χ3v) is 3.36. The van der Waals surface area contributed by atoms with Crippen molar-refractivity contribution in [2.75, 3.05) is 19.0 Å². The average molecular weight is 285 g/mol. The molecule has 2 N–H and O–H groups in total. The fraction of sp³-hybridized carbons (Fsp3) is 0.417. The zero-order valence-electron chi connectivity index (χ0n) is 10.0. The lowest BCUT2D eigenvalue weighted by Crippen LogP contribution is -2.36. The minimum atomic E-state index is -0.677. The number of anilines is 1. The van der Waals surface area contributed by atoms with Crippen molar-refractivity contribution >= 4 is 27.5 Å². The van der Waals surface area contributed by atoms with Crippen molar-refractivity contribution in [1.29, 1.82) is 0 Å². The first kappa shape index (κ1) is 13.0. The molecule has 0 radical (unpaired) electrons. The molecule has 0 aliphatic rings. The van der Waals surface area contributed by atoms with Crippen molar-refractivity contribution < 1.29 is 4.79 Å². The van der Waals surface area contributed by atoms with E-state index in [2.05, 4.69) is 15.9 Å². The summed E-state index contributed by atoms with van der Waals surface area (Å²) in [6, 6.07) is 5.80. The molecule has 1 amide bonds. The summed E-state index contributed by atoms with van der Waals surface area (Å²) in [5, 5.41) is 0. The average Bonchev–Trinajstić information content (AvgIpc) is 2.16. The third kappa shape index (κ3) is 2.21. The van der Waals surface area contributed by atoms with Gasteiger partial charge >= 0.3 is 0 Å². The van der Waals surface area contributed by atoms with Crippen LogP contribution in [0.2, 0.25) is 0 Å². The minimum Gasteiger partial charge on any atom is -0.376 e. The molecule has 0 aromatic heterocycles. The standard InChI is InChI=1S/C12H17BrN2O/c1-12(2,11(14)16)8-6-5-7-9(13)10(8)15(3)4/h5-7H,1-4H3,(H2,14,16). The van der Waals surface area contributed by atoms with E-state index in [1.54, 1.807) is 0 Å². The lowest BCUT2D eigenvalue weighted by atomic mass is 9.82. The molecule has 1 aromatic rings. The first-order valence-corrected chi connectivity index (χ1v) is 5.84. The summed E-state index contributed by atoms with van der Waals surface area (Å²) in [6.07, 6.45) is 0. The summed E-state index contributed by atoms with van der Waals surface area (Å²) in [5.41, 5.74) is 6.69. The Morgan fingerprint density at radius 3 is 2.38 bits per heavy atom. The highest BCUT2D eigenvalue weighted by atomic mass is 79.9. The molecule has 0 spiro atoms. The second-order valence-electron chi connectivity index (χ2n) is 4.52. The van der Waals surface area contributed by atoms with E-state index in [0.717, 1.165) is 15.7 Å². The van der Waals surface area contributed by atoms with Crippen molar-refractivity contribution in [2.45, 2.75) is 19.3 Å². The van der Waals surface area contributed by atoms with Crippen LogP contribution >= 0.6 is 15.9 Å². The number of carbonyl (C=O) groups excluding carboxylic acids is 1. The van der Waals surface area contributed by atoms with Gasteiger partial charge in [-0.3, -0.25) is 4.79 Å². The highest BCUT2D eigenvalue weighted by Crippen LogP contribution is 2.36. The van der Waals surface area contributed by atoms with Crippen LogP contribution in [0.1, 0.15) is 19.4 Å². The van der Waals surface area contributed by atoms with Crippen molar-refractivity contribution in [3.05, 3.63) is 28.2 Å². The molecule has 3 nitrogen and oxygen atoms in total. The van der Waals surface area contributed by atoms with Crippen LogP contribution in [0.3, 0.4) is 0 Å². The monoisotopic (exact) mass is 284 g/mol. The molecule has 0 aliphatic carbocycles. The molecule has 0 heterocycles. The molecule has 0 atom stereocenters. The van der Waals surface area contributed by atoms with E-state index in [4.69, 9.17) is 5.73 Å². The molecular formula is C12H17BrN2O. The summed E-state index contributed by atoms with van der Waals surface area (Å²) in [6.45, 7) is 3.67. The second-order valence-corrected chi connectivity index (χ2v) is 5.37. The van der Waals surface area contributed by atoms with Gasteiger partial charge in [0, 0.05) is 18.6 Å². The summed E-state index contributed by atoms with van der Waals surface area (Å²) >= 11 is 3.50. The molecule has 0 saturated heterocycles. The van der Waals surface area contributed by atoms with Gasteiger partial charge < -0.3 is 10.6 Å². The van der Waals surface area contributed by atoms with Gasteiger partial charge in [-0.05, 0) is 41.4 Å². The number of rotatable bonds is 3. The second kappa shape index (κ2) is 4.45. The SMILES string of the molecule is CN(C)c1c(Br)cccc1C(C)(C)C(N)=O. The normalized spacial score (nSPS) is 11.3. The molecule has 1 aromatic carbocycles. The van der Waals surface area contributed by atoms with Crippen LogP contribution in [-0.2, 0) is 10.2 Å². The molecular weight excluding hydrogens is 268 g/mol. The van der Waals surface area contributed by atoms with Gasteiger partial charge in [-0.25, -0.2) is 0 Å². The summed E-state index contributed by atoms with van der Waals surface area (Å²) in [5.74, 6) is -0.325. The molecule has 0 aliphatic heterocycles. The zero-order chi connectivity index (χ0) is 12.5. The molecule has 16 heavy (non-hydrogen) atoms. The van der Waals surface area contributed by atoms with Gasteiger partial charge in [0.15, 0.2) is 0 Å². The largest absolute Gasteiger partial charge is 0.376 e. The molecule has 88 valence electrons. The van der Waals surface area contributed by atoms with Gasteiger partial charge in [-0.1, -0.05) is 12.1 Å². The summed E-state index contributed by atoms with van der Waals surface area (Å²) < 4.78 is 0.962. The van der Waals surface area contributed by atoms with E-state index in [-0.39, 0.29) is 5.91 Å². The van der Waals surface area contributed by atoms with Gasteiger partial charge in [0.1, 0.15) is 0 Å². The van der Waals surface area contributed by atoms with Crippen molar-refractivity contribution in [3.8, 4) is 0 Å². The fourth-order valence-electron chi connectivity index (χ4n) is 1.61. The van der Waals surface area contributed by atoms with Gasteiger partial charge in [-0.15, -0.1) is 0 Å². The Bertz CT molecular complexity index is 413. The van der Waals surface area contributed by atoms with E-state index in [1.807, 2.05) is 51.0 Å². The summed E-state index contributed by atoms with van der Waals surface area (Å²) in [4.78, 5) is 13.5. The number of nitrogens with two attached hydrogens (primary N) is 1. The lowest BCUT2D eigenvalue weighted by molar-refractivity contribution is -0.122. The predicted molar refractivity (Wildman–Crippen MR) is 70.7 cm³/mol. The Morgan fingerprint density at radius 1 is 1.38 bits per heavy atom. The molecule has 1 rings (SSSR count). The zero-order valence-corrected chi connectivity index (χ0v) is 11.6. The smallest absolute Gasteiger partial charge is 0.227 e. The number of nitrogens with zero attached hydrogens (tertiary/aromatic N) is 1. The maximum atomic E-state index is 11.5. The topological polar surface area (TPSA) is 46.3 Å². The van der Waals surface area contributed by atoms with E-state index in [1.165, 1.54) is 0 Å². The molecule has 0 fully saturated rings. The van der Waals surface area contributed by atoms with E-state index in [0.29, 0.717) is 0 Å². The van der Waals surface area contributed by atoms with Crippen LogP contribution in [0.5, 0.6) is 0 Å². The quantitative estimate of drug-likeness (QED) is 0.926. The third-order valence-electron chi connectivity index (χ3n) is 2.72. The van der Waals surface area contributed by atoms with Gasteiger partial charge in [0.2, 0.25) is 5.91 Å². The predicted octanol–water partition coefficient (Wildman–Crippen LogP) is 2.28. The van der Waals surface area contributed by atoms with E-state index >= 15 is 0 Å². The maximum Gasteiger partial charge on any atom is 0.227 e. The number of hydrogen-bond acceptors (Lipinski definition) is 2. The fourth-order valence-corrected chi connectivity index (χ4v) is 2.33. The Balaban J connectivity index is 3.45. The Morgan fingerprint density at radius 2 is 1.94 bits per heavy atom. The van der Waals surface area contributed by atoms with Crippen LogP contribution < -0.4 is 10.6 Å². The number of para-hydroxylation sites is 1. The van der Waals surface area contributed by atoms with Crippen LogP contribution in [0.4, 0.5) is 5.69 Å². The minimum absolute atomic E-state index is 0.325. The number of hydrogen-bond donors (Lipinski definition) is 1. The number of amides is 1. The molecule has 0 bridgehead atoms. The summed E-state index contributed by atoms with van der Waals surface area (Å²) in [7, 11) is 3.89. The first-order valence-electron chi connectivity index (χ1n) is 5.04. The Labute approximate surface area is 105 Å². The van der Waals surface area contributed by atoms with Crippen molar-refractivity contribution in [2.24, 2.45) is 5.73 Å². The first-order chi connectivity index (χ1) is 7.28.